The second kappa shape index (κ2) is 11.4. The number of carbonyl (C=O) groups excluding carboxylic acids is 3. The van der Waals surface area contributed by atoms with E-state index >= 15 is 0 Å². The highest BCUT2D eigenvalue weighted by molar-refractivity contribution is 6.25. The molecule has 0 aromatic heterocycles. The molecule has 3 aliphatic carbocycles. The molecule has 12 nitrogen and oxygen atoms in total. The molecule has 0 spiro atoms. The number of oxime groups is 1. The van der Waals surface area contributed by atoms with Gasteiger partial charge in [0.05, 0.1) is 17.3 Å². The molecule has 0 heterocycles. The number of rotatable bonds is 8. The molecule has 0 saturated heterocycles. The Morgan fingerprint density at radius 2 is 1.88 bits per heavy atom. The first-order chi connectivity index (χ1) is 20.0. The molecule has 0 fully saturated rings. The highest BCUT2D eigenvalue weighted by Crippen LogP contribution is 2.52. The Hall–Kier alpha value is -3.74. The zero-order valence-electron chi connectivity index (χ0n) is 25.7. The maximum absolute atomic E-state index is 14.2. The van der Waals surface area contributed by atoms with Gasteiger partial charge in [-0.25, -0.2) is 0 Å². The number of nitrogens with zero attached hydrogens (tertiary/aromatic N) is 2. The highest BCUT2D eigenvalue weighted by atomic mass is 16.6. The summed E-state index contributed by atoms with van der Waals surface area (Å²) in [7, 11) is 3.18. The third-order valence-corrected chi connectivity index (χ3v) is 8.49. The topological polar surface area (TPSA) is 195 Å². The molecule has 0 radical (unpaired) electrons. The summed E-state index contributed by atoms with van der Waals surface area (Å²) in [6.07, 6.45) is 0.161. The van der Waals surface area contributed by atoms with Crippen LogP contribution in [-0.4, -0.2) is 87.4 Å². The van der Waals surface area contributed by atoms with Crippen molar-refractivity contribution in [3.05, 3.63) is 51.0 Å². The Kier molecular flexibility index (Phi) is 8.53. The Balaban J connectivity index is 1.93. The van der Waals surface area contributed by atoms with Gasteiger partial charge in [0.15, 0.2) is 11.4 Å². The molecular formula is C31H42N4O8. The molecule has 4 atom stereocenters. The minimum Gasteiger partial charge on any atom is -0.510 e. The molecule has 43 heavy (non-hydrogen) atoms. The predicted octanol–water partition coefficient (Wildman–Crippen LogP) is 2.02. The molecule has 4 rings (SSSR count). The van der Waals surface area contributed by atoms with E-state index in [0.29, 0.717) is 35.6 Å². The summed E-state index contributed by atoms with van der Waals surface area (Å²) >= 11 is 0. The molecule has 0 unspecified atom stereocenters. The zero-order valence-corrected chi connectivity index (χ0v) is 25.7. The van der Waals surface area contributed by atoms with Gasteiger partial charge in [0.1, 0.15) is 29.4 Å². The largest absolute Gasteiger partial charge is 0.510 e. The van der Waals surface area contributed by atoms with Gasteiger partial charge in [-0.1, -0.05) is 25.9 Å². The lowest BCUT2D eigenvalue weighted by Crippen LogP contribution is -2.63. The molecule has 1 aromatic rings. The van der Waals surface area contributed by atoms with Crippen LogP contribution >= 0.6 is 0 Å². The molecular weight excluding hydrogens is 556 g/mol. The van der Waals surface area contributed by atoms with Crippen LogP contribution in [0.4, 0.5) is 0 Å². The van der Waals surface area contributed by atoms with Gasteiger partial charge in [0.25, 0.3) is 5.91 Å². The minimum absolute atomic E-state index is 0.00248. The average molecular weight is 599 g/mol. The fourth-order valence-electron chi connectivity index (χ4n) is 6.61. The summed E-state index contributed by atoms with van der Waals surface area (Å²) in [6.45, 7) is 10.9. The third-order valence-electron chi connectivity index (χ3n) is 8.49. The van der Waals surface area contributed by atoms with Crippen molar-refractivity contribution in [2.75, 3.05) is 27.2 Å². The standard InChI is InChI=1S/C31H42N4O8/c1-8-43-34-14(2)17-10-16(12-33-13-30(3,4)5)24(36)21-18(17)9-15-11-19-23(35(6)7)26(38)22(29(32)41)28(40)31(19,42)27(39)20(15)25(21)37/h10,15,19,23,33,36,38-39,42H,8-9,11-13H2,1-7H3,(H2,32,41)/b34-14-/t15-,19-,23-,31-/m0/s1. The molecule has 0 aliphatic heterocycles. The van der Waals surface area contributed by atoms with E-state index in [0.717, 1.165) is 0 Å². The number of likely N-dealkylation sites (N-methyl/N-ethyl adjacent to an activating group) is 1. The number of phenols is 1. The number of phenolic OH excluding ortho intramolecular Hbond substituents is 1. The zero-order chi connectivity index (χ0) is 32.2. The summed E-state index contributed by atoms with van der Waals surface area (Å²) < 4.78 is 0. The van der Waals surface area contributed by atoms with Crippen molar-refractivity contribution < 1.29 is 39.6 Å². The second-order valence-corrected chi connectivity index (χ2v) is 13.0. The maximum atomic E-state index is 14.2. The van der Waals surface area contributed by atoms with Gasteiger partial charge in [0, 0.05) is 35.7 Å². The lowest BCUT2D eigenvalue weighted by Gasteiger charge is -2.50. The SMILES string of the molecule is CCO/N=C(/C)c1cc(CNCC(C)(C)C)c(O)c2c1C[C@H]1C[C@H]3[C@H](N(C)C)C(O)=C(C(N)=O)C(=O)[C@@]3(O)C(O)=C1C2=O. The molecule has 1 amide bonds. The van der Waals surface area contributed by atoms with Crippen LogP contribution in [-0.2, 0) is 27.4 Å². The van der Waals surface area contributed by atoms with Crippen LogP contribution in [0, 0.1) is 17.3 Å². The van der Waals surface area contributed by atoms with Gasteiger partial charge in [-0.15, -0.1) is 0 Å². The van der Waals surface area contributed by atoms with E-state index in [2.05, 4.69) is 31.2 Å². The summed E-state index contributed by atoms with van der Waals surface area (Å²) in [5.74, 6) is -6.86. The lowest BCUT2D eigenvalue weighted by molar-refractivity contribution is -0.148. The highest BCUT2D eigenvalue weighted by Gasteiger charge is 2.63. The summed E-state index contributed by atoms with van der Waals surface area (Å²) in [6, 6.07) is 0.708. The van der Waals surface area contributed by atoms with Crippen LogP contribution in [0.5, 0.6) is 5.75 Å². The molecule has 1 aromatic carbocycles. The summed E-state index contributed by atoms with van der Waals surface area (Å²) in [5.41, 5.74) is 3.56. The van der Waals surface area contributed by atoms with Crippen LogP contribution in [0.2, 0.25) is 0 Å². The van der Waals surface area contributed by atoms with Crippen LogP contribution in [0.1, 0.15) is 68.1 Å². The number of carbonyl (C=O) groups is 3. The summed E-state index contributed by atoms with van der Waals surface area (Å²) in [4.78, 5) is 46.8. The number of aromatic hydroxyl groups is 1. The number of amides is 1. The van der Waals surface area contributed by atoms with Crippen LogP contribution < -0.4 is 11.1 Å². The van der Waals surface area contributed by atoms with Crippen molar-refractivity contribution in [2.24, 2.45) is 28.1 Å². The predicted molar refractivity (Wildman–Crippen MR) is 159 cm³/mol. The van der Waals surface area contributed by atoms with Crippen molar-refractivity contribution in [2.45, 2.75) is 65.6 Å². The number of Topliss-reactive ketones (excluding diaryl/α,β-unsaturated/α-hetero) is 2. The van der Waals surface area contributed by atoms with E-state index in [1.54, 1.807) is 34.0 Å². The van der Waals surface area contributed by atoms with Gasteiger partial charge in [-0.3, -0.25) is 19.3 Å². The first-order valence-electron chi connectivity index (χ1n) is 14.4. The Morgan fingerprint density at radius 3 is 2.44 bits per heavy atom. The molecule has 0 bridgehead atoms. The Morgan fingerprint density at radius 1 is 1.23 bits per heavy atom. The van der Waals surface area contributed by atoms with Crippen molar-refractivity contribution in [1.29, 1.82) is 0 Å². The number of hydrogen-bond acceptors (Lipinski definition) is 11. The second-order valence-electron chi connectivity index (χ2n) is 13.0. The number of nitrogens with two attached hydrogens (primary N) is 1. The lowest BCUT2D eigenvalue weighted by atomic mass is 9.58. The number of hydrogen-bond donors (Lipinski definition) is 6. The van der Waals surface area contributed by atoms with Crippen LogP contribution in [0.15, 0.2) is 33.9 Å². The minimum atomic E-state index is -2.69. The fraction of sp³-hybridized carbons (Fsp3) is 0.548. The number of primary amides is 1. The number of aliphatic hydroxyl groups is 3. The molecule has 12 heteroatoms. The van der Waals surface area contributed by atoms with Gasteiger partial charge < -0.3 is 36.3 Å². The smallest absolute Gasteiger partial charge is 0.255 e. The van der Waals surface area contributed by atoms with Gasteiger partial charge in [0.2, 0.25) is 5.78 Å². The van der Waals surface area contributed by atoms with E-state index in [-0.39, 0.29) is 41.7 Å². The monoisotopic (exact) mass is 598 g/mol. The van der Waals surface area contributed by atoms with Gasteiger partial charge in [-0.2, -0.15) is 0 Å². The van der Waals surface area contributed by atoms with E-state index in [9.17, 15) is 34.8 Å². The quantitative estimate of drug-likeness (QED) is 0.146. The maximum Gasteiger partial charge on any atom is 0.255 e. The molecule has 0 saturated carbocycles. The molecule has 3 aliphatic rings. The number of benzene rings is 1. The van der Waals surface area contributed by atoms with Crippen LogP contribution in [0.25, 0.3) is 0 Å². The van der Waals surface area contributed by atoms with Crippen molar-refractivity contribution in [1.82, 2.24) is 10.2 Å². The molecule has 7 N–H and O–H groups in total. The first kappa shape index (κ1) is 32.2. The number of fused-ring (bicyclic) bond motifs is 3. The average Bonchev–Trinajstić information content (AvgIpc) is 2.89. The van der Waals surface area contributed by atoms with E-state index in [1.807, 2.05) is 0 Å². The van der Waals surface area contributed by atoms with Crippen molar-refractivity contribution in [3.63, 3.8) is 0 Å². The number of ketones is 2. The molecule has 234 valence electrons. The van der Waals surface area contributed by atoms with Crippen molar-refractivity contribution in [3.8, 4) is 5.75 Å². The Labute approximate surface area is 250 Å². The van der Waals surface area contributed by atoms with Crippen LogP contribution in [0.3, 0.4) is 0 Å². The van der Waals surface area contributed by atoms with E-state index in [1.165, 1.54) is 4.90 Å². The first-order valence-corrected chi connectivity index (χ1v) is 14.4. The third kappa shape index (κ3) is 5.32. The fourth-order valence-corrected chi connectivity index (χ4v) is 6.61. The van der Waals surface area contributed by atoms with E-state index in [4.69, 9.17) is 10.6 Å². The normalized spacial score (nSPS) is 26.0. The number of allylic oxidation sites excluding steroid dienone is 1. The Bertz CT molecular complexity index is 1470. The van der Waals surface area contributed by atoms with E-state index < -0.39 is 58.0 Å². The number of aliphatic hydroxyl groups excluding tert-OH is 2. The number of nitrogens with one attached hydrogen (secondary N) is 1. The summed E-state index contributed by atoms with van der Waals surface area (Å²) in [5, 5.41) is 53.3. The van der Waals surface area contributed by atoms with Gasteiger partial charge in [-0.05, 0) is 63.7 Å². The van der Waals surface area contributed by atoms with Crippen molar-refractivity contribution >= 4 is 23.2 Å². The van der Waals surface area contributed by atoms with Gasteiger partial charge >= 0.3 is 0 Å².